The molecule has 1 N–H and O–H groups in total. The molecular formula is C15H10ClNO2. The lowest BCUT2D eigenvalue weighted by atomic mass is 10.0. The van der Waals surface area contributed by atoms with Gasteiger partial charge >= 0.3 is 0 Å². The van der Waals surface area contributed by atoms with Crippen LogP contribution in [0.5, 0.6) is 5.75 Å². The lowest BCUT2D eigenvalue weighted by Gasteiger charge is -2.08. The van der Waals surface area contributed by atoms with Gasteiger partial charge in [-0.05, 0) is 18.2 Å². The number of aromatic nitrogens is 1. The molecule has 0 saturated heterocycles. The van der Waals surface area contributed by atoms with E-state index in [0.717, 1.165) is 9.47 Å². The number of pyridine rings is 1. The van der Waals surface area contributed by atoms with Gasteiger partial charge in [-0.25, -0.2) is 4.09 Å². The molecule has 0 radical (unpaired) electrons. The molecule has 0 aliphatic carbocycles. The first-order chi connectivity index (χ1) is 9.18. The largest absolute Gasteiger partial charge is 0.507 e. The molecule has 1 heterocycles. The maximum absolute atomic E-state index is 12.3. The summed E-state index contributed by atoms with van der Waals surface area (Å²) in [5, 5.41) is 10.7. The fourth-order valence-electron chi connectivity index (χ4n) is 2.12. The Balaban J connectivity index is 2.40. The Morgan fingerprint density at radius 3 is 2.42 bits per heavy atom. The number of rotatable bonds is 1. The van der Waals surface area contributed by atoms with E-state index in [1.807, 2.05) is 18.2 Å². The fraction of sp³-hybridized carbons (Fsp3) is 0. The summed E-state index contributed by atoms with van der Waals surface area (Å²) in [7, 11) is 0. The highest BCUT2D eigenvalue weighted by atomic mass is 35.5. The van der Waals surface area contributed by atoms with Crippen LogP contribution in [-0.2, 0) is 0 Å². The van der Waals surface area contributed by atoms with Crippen LogP contribution in [0.25, 0.3) is 22.0 Å². The Morgan fingerprint density at radius 1 is 0.947 bits per heavy atom. The van der Waals surface area contributed by atoms with Gasteiger partial charge in [0.1, 0.15) is 5.75 Å². The van der Waals surface area contributed by atoms with Crippen molar-refractivity contribution in [1.82, 2.24) is 4.09 Å². The molecule has 2 aromatic carbocycles. The minimum atomic E-state index is -0.345. The molecule has 3 rings (SSSR count). The van der Waals surface area contributed by atoms with Crippen molar-refractivity contribution in [3.05, 3.63) is 65.0 Å². The topological polar surface area (TPSA) is 42.2 Å². The van der Waals surface area contributed by atoms with Crippen LogP contribution in [0.2, 0.25) is 0 Å². The van der Waals surface area contributed by atoms with Crippen LogP contribution in [0, 0.1) is 0 Å². The molecule has 0 fully saturated rings. The van der Waals surface area contributed by atoms with Crippen LogP contribution in [-0.4, -0.2) is 9.19 Å². The molecule has 0 amide bonds. The Kier molecular flexibility index (Phi) is 2.76. The second kappa shape index (κ2) is 4.44. The Bertz CT molecular complexity index is 824. The maximum atomic E-state index is 12.3. The first-order valence-corrected chi connectivity index (χ1v) is 6.11. The van der Waals surface area contributed by atoms with Crippen molar-refractivity contribution in [1.29, 1.82) is 0 Å². The van der Waals surface area contributed by atoms with Crippen molar-refractivity contribution in [2.24, 2.45) is 0 Å². The molecule has 1 aromatic heterocycles. The van der Waals surface area contributed by atoms with Gasteiger partial charge in [0.25, 0.3) is 5.56 Å². The predicted octanol–water partition coefficient (Wildman–Crippen LogP) is 3.38. The molecule has 0 bridgehead atoms. The van der Waals surface area contributed by atoms with E-state index in [1.54, 1.807) is 36.4 Å². The summed E-state index contributed by atoms with van der Waals surface area (Å²) in [6, 6.07) is 15.8. The third kappa shape index (κ3) is 1.88. The number of phenolic OH excluding ortho intramolecular Hbond substituents is 1. The highest BCUT2D eigenvalue weighted by molar-refractivity contribution is 6.19. The van der Waals surface area contributed by atoms with Gasteiger partial charge in [-0.2, -0.15) is 0 Å². The van der Waals surface area contributed by atoms with Gasteiger partial charge < -0.3 is 5.11 Å². The Labute approximate surface area is 114 Å². The lowest BCUT2D eigenvalue weighted by Crippen LogP contribution is -2.15. The fourth-order valence-corrected chi connectivity index (χ4v) is 2.36. The standard InChI is InChI=1S/C15H10ClNO2/c16-17-13-7-3-1-5-10(13)9-12(15(17)19)11-6-2-4-8-14(11)18/h1-9,18H. The Morgan fingerprint density at radius 2 is 1.63 bits per heavy atom. The molecule has 0 spiro atoms. The molecule has 0 saturated carbocycles. The number of hydrogen-bond donors (Lipinski definition) is 1. The first-order valence-electron chi connectivity index (χ1n) is 5.78. The summed E-state index contributed by atoms with van der Waals surface area (Å²) in [6.45, 7) is 0. The zero-order valence-corrected chi connectivity index (χ0v) is 10.6. The first kappa shape index (κ1) is 11.8. The summed E-state index contributed by atoms with van der Waals surface area (Å²) >= 11 is 6.06. The van der Waals surface area contributed by atoms with Crippen molar-refractivity contribution < 1.29 is 5.11 Å². The van der Waals surface area contributed by atoms with E-state index in [0.29, 0.717) is 16.6 Å². The van der Waals surface area contributed by atoms with E-state index in [9.17, 15) is 9.90 Å². The summed E-state index contributed by atoms with van der Waals surface area (Å²) in [4.78, 5) is 12.3. The van der Waals surface area contributed by atoms with Crippen molar-refractivity contribution in [2.45, 2.75) is 0 Å². The van der Waals surface area contributed by atoms with Crippen LogP contribution in [0.3, 0.4) is 0 Å². The predicted molar refractivity (Wildman–Crippen MR) is 76.6 cm³/mol. The monoisotopic (exact) mass is 271 g/mol. The third-order valence-electron chi connectivity index (χ3n) is 3.05. The van der Waals surface area contributed by atoms with Gasteiger partial charge in [0, 0.05) is 22.7 Å². The van der Waals surface area contributed by atoms with E-state index in [4.69, 9.17) is 11.8 Å². The zero-order valence-electron chi connectivity index (χ0n) is 9.88. The molecule has 0 atom stereocenters. The number of benzene rings is 2. The highest BCUT2D eigenvalue weighted by Crippen LogP contribution is 2.28. The zero-order chi connectivity index (χ0) is 13.4. The van der Waals surface area contributed by atoms with Gasteiger partial charge in [-0.15, -0.1) is 0 Å². The van der Waals surface area contributed by atoms with Crippen LogP contribution in [0.4, 0.5) is 0 Å². The minimum absolute atomic E-state index is 0.0616. The summed E-state index contributed by atoms with van der Waals surface area (Å²) in [5.41, 5.74) is 1.16. The number of hydrogen-bond acceptors (Lipinski definition) is 2. The van der Waals surface area contributed by atoms with Crippen molar-refractivity contribution in [3.8, 4) is 16.9 Å². The lowest BCUT2D eigenvalue weighted by molar-refractivity contribution is 0.477. The van der Waals surface area contributed by atoms with Crippen molar-refractivity contribution in [3.63, 3.8) is 0 Å². The van der Waals surface area contributed by atoms with E-state index in [-0.39, 0.29) is 11.3 Å². The highest BCUT2D eigenvalue weighted by Gasteiger charge is 2.12. The van der Waals surface area contributed by atoms with Gasteiger partial charge in [-0.3, -0.25) is 4.79 Å². The number of phenols is 1. The number of halogens is 1. The SMILES string of the molecule is O=c1c(-c2ccccc2O)cc2ccccc2n1Cl. The van der Waals surface area contributed by atoms with E-state index >= 15 is 0 Å². The van der Waals surface area contributed by atoms with E-state index < -0.39 is 0 Å². The van der Waals surface area contributed by atoms with Crippen LogP contribution >= 0.6 is 11.8 Å². The second-order valence-electron chi connectivity index (χ2n) is 4.22. The molecule has 0 aliphatic rings. The quantitative estimate of drug-likeness (QED) is 0.737. The average Bonchev–Trinajstić information content (AvgIpc) is 2.44. The molecule has 0 aliphatic heterocycles. The van der Waals surface area contributed by atoms with Gasteiger partial charge in [-0.1, -0.05) is 36.4 Å². The molecule has 0 unspecified atom stereocenters. The maximum Gasteiger partial charge on any atom is 0.273 e. The number of aromatic hydroxyl groups is 1. The summed E-state index contributed by atoms with van der Waals surface area (Å²) in [6.07, 6.45) is 0. The van der Waals surface area contributed by atoms with Crippen molar-refractivity contribution >= 4 is 22.7 Å². The molecule has 3 aromatic rings. The minimum Gasteiger partial charge on any atom is -0.507 e. The smallest absolute Gasteiger partial charge is 0.273 e. The van der Waals surface area contributed by atoms with E-state index in [2.05, 4.69) is 0 Å². The summed E-state index contributed by atoms with van der Waals surface area (Å²) in [5.74, 6) is 0.0616. The van der Waals surface area contributed by atoms with E-state index in [1.165, 1.54) is 0 Å². The normalized spacial score (nSPS) is 10.8. The van der Waals surface area contributed by atoms with Crippen LogP contribution < -0.4 is 5.56 Å². The van der Waals surface area contributed by atoms with Gasteiger partial charge in [0.15, 0.2) is 0 Å². The average molecular weight is 272 g/mol. The van der Waals surface area contributed by atoms with Gasteiger partial charge in [0.05, 0.1) is 11.1 Å². The Hall–Kier alpha value is -2.26. The molecule has 19 heavy (non-hydrogen) atoms. The van der Waals surface area contributed by atoms with Gasteiger partial charge in [0.2, 0.25) is 0 Å². The molecular weight excluding hydrogens is 262 g/mol. The third-order valence-corrected chi connectivity index (χ3v) is 3.39. The number of fused-ring (bicyclic) bond motifs is 1. The second-order valence-corrected chi connectivity index (χ2v) is 4.56. The molecule has 94 valence electrons. The van der Waals surface area contributed by atoms with Crippen molar-refractivity contribution in [2.75, 3.05) is 0 Å². The summed E-state index contributed by atoms with van der Waals surface area (Å²) < 4.78 is 1.08. The number of nitrogens with zero attached hydrogens (tertiary/aromatic N) is 1. The molecule has 3 nitrogen and oxygen atoms in total. The number of para-hydroxylation sites is 2. The van der Waals surface area contributed by atoms with Crippen LogP contribution in [0.1, 0.15) is 0 Å². The molecule has 4 heteroatoms. The van der Waals surface area contributed by atoms with Crippen LogP contribution in [0.15, 0.2) is 59.4 Å².